The van der Waals surface area contributed by atoms with Gasteiger partial charge in [0.05, 0.1) is 23.9 Å². The van der Waals surface area contributed by atoms with Gasteiger partial charge in [0.25, 0.3) is 5.69 Å². The van der Waals surface area contributed by atoms with Crippen LogP contribution in [0.5, 0.6) is 5.75 Å². The molecule has 0 amide bonds. The number of rotatable bonds is 5. The van der Waals surface area contributed by atoms with Crippen LogP contribution in [0.1, 0.15) is 5.56 Å². The number of aryl methyl sites for hydroxylation is 1. The van der Waals surface area contributed by atoms with Gasteiger partial charge in [-0.2, -0.15) is 5.10 Å². The molecule has 1 N–H and O–H groups in total. The Bertz CT molecular complexity index is 594. The molecule has 0 aliphatic carbocycles. The molecule has 19 heavy (non-hydrogen) atoms. The molecule has 0 radical (unpaired) electrons. The van der Waals surface area contributed by atoms with Gasteiger partial charge in [0.1, 0.15) is 5.75 Å². The zero-order chi connectivity index (χ0) is 13.8. The van der Waals surface area contributed by atoms with Crippen LogP contribution in [0.15, 0.2) is 30.6 Å². The van der Waals surface area contributed by atoms with Crippen molar-refractivity contribution in [3.63, 3.8) is 0 Å². The second-order valence-electron chi connectivity index (χ2n) is 4.02. The molecule has 100 valence electrons. The van der Waals surface area contributed by atoms with Crippen LogP contribution in [-0.4, -0.2) is 21.8 Å². The highest BCUT2D eigenvalue weighted by Crippen LogP contribution is 2.29. The van der Waals surface area contributed by atoms with Crippen LogP contribution < -0.4 is 10.1 Å². The van der Waals surface area contributed by atoms with Gasteiger partial charge in [0.2, 0.25) is 0 Å². The maximum Gasteiger partial charge on any atom is 0.271 e. The van der Waals surface area contributed by atoms with E-state index < -0.39 is 4.92 Å². The molecule has 1 aromatic heterocycles. The fourth-order valence-corrected chi connectivity index (χ4v) is 1.71. The predicted octanol–water partition coefficient (Wildman–Crippen LogP) is 1.95. The Morgan fingerprint density at radius 3 is 2.89 bits per heavy atom. The van der Waals surface area contributed by atoms with Gasteiger partial charge in [0, 0.05) is 37.5 Å². The van der Waals surface area contributed by atoms with E-state index in [1.807, 2.05) is 13.2 Å². The third-order valence-electron chi connectivity index (χ3n) is 2.64. The number of hydrogen-bond donors (Lipinski definition) is 1. The number of nitro groups is 1. The lowest BCUT2D eigenvalue weighted by atomic mass is 10.2. The summed E-state index contributed by atoms with van der Waals surface area (Å²) in [5.74, 6) is 0.564. The SMILES string of the molecule is COc1ccc([N+](=O)[O-])cc1NCc1cnn(C)c1. The molecule has 2 aromatic rings. The number of aromatic nitrogens is 2. The van der Waals surface area contributed by atoms with Crippen molar-refractivity contribution in [3.05, 3.63) is 46.3 Å². The van der Waals surface area contributed by atoms with Gasteiger partial charge in [-0.1, -0.05) is 0 Å². The van der Waals surface area contributed by atoms with Crippen molar-refractivity contribution in [3.8, 4) is 5.75 Å². The highest BCUT2D eigenvalue weighted by atomic mass is 16.6. The Morgan fingerprint density at radius 2 is 2.32 bits per heavy atom. The molecule has 1 aromatic carbocycles. The minimum absolute atomic E-state index is 0.0227. The van der Waals surface area contributed by atoms with Crippen LogP contribution in [0.4, 0.5) is 11.4 Å². The summed E-state index contributed by atoms with van der Waals surface area (Å²) in [5, 5.41) is 17.9. The molecule has 0 aliphatic heterocycles. The Labute approximate surface area is 110 Å². The van der Waals surface area contributed by atoms with E-state index in [4.69, 9.17) is 4.74 Å². The van der Waals surface area contributed by atoms with Crippen LogP contribution in [0, 0.1) is 10.1 Å². The highest BCUT2D eigenvalue weighted by molar-refractivity contribution is 5.61. The second-order valence-corrected chi connectivity index (χ2v) is 4.02. The molecule has 0 fully saturated rings. The van der Waals surface area contributed by atoms with Crippen molar-refractivity contribution in [1.29, 1.82) is 0 Å². The minimum Gasteiger partial charge on any atom is -0.495 e. The number of benzene rings is 1. The van der Waals surface area contributed by atoms with Crippen molar-refractivity contribution >= 4 is 11.4 Å². The van der Waals surface area contributed by atoms with E-state index in [1.54, 1.807) is 16.9 Å². The average Bonchev–Trinajstić information content (AvgIpc) is 2.81. The first-order chi connectivity index (χ1) is 9.10. The summed E-state index contributed by atoms with van der Waals surface area (Å²) in [6, 6.07) is 4.44. The molecule has 7 heteroatoms. The number of nitrogens with zero attached hydrogens (tertiary/aromatic N) is 3. The number of nitrogens with one attached hydrogen (secondary N) is 1. The molecular weight excluding hydrogens is 248 g/mol. The van der Waals surface area contributed by atoms with Gasteiger partial charge < -0.3 is 10.1 Å². The van der Waals surface area contributed by atoms with Crippen LogP contribution >= 0.6 is 0 Å². The monoisotopic (exact) mass is 262 g/mol. The quantitative estimate of drug-likeness (QED) is 0.657. The molecule has 0 spiro atoms. The Balaban J connectivity index is 2.17. The predicted molar refractivity (Wildman–Crippen MR) is 70.2 cm³/mol. The lowest BCUT2D eigenvalue weighted by molar-refractivity contribution is -0.384. The van der Waals surface area contributed by atoms with E-state index in [0.29, 0.717) is 18.0 Å². The molecule has 0 bridgehead atoms. The first-order valence-corrected chi connectivity index (χ1v) is 5.64. The standard InChI is InChI=1S/C12H14N4O3/c1-15-8-9(7-14-15)6-13-11-5-10(16(17)18)3-4-12(11)19-2/h3-5,7-8,13H,6H2,1-2H3. The van der Waals surface area contributed by atoms with Crippen molar-refractivity contribution in [2.45, 2.75) is 6.54 Å². The number of methoxy groups -OCH3 is 1. The fourth-order valence-electron chi connectivity index (χ4n) is 1.71. The van der Waals surface area contributed by atoms with Gasteiger partial charge in [0.15, 0.2) is 0 Å². The second kappa shape index (κ2) is 5.38. The van der Waals surface area contributed by atoms with Crippen molar-refractivity contribution in [2.75, 3.05) is 12.4 Å². The van der Waals surface area contributed by atoms with Crippen molar-refractivity contribution in [2.24, 2.45) is 7.05 Å². The van der Waals surface area contributed by atoms with Crippen LogP contribution in [0.3, 0.4) is 0 Å². The maximum absolute atomic E-state index is 10.8. The number of non-ortho nitro benzene ring substituents is 1. The van der Waals surface area contributed by atoms with E-state index in [1.165, 1.54) is 19.2 Å². The molecule has 0 saturated carbocycles. The van der Waals surface area contributed by atoms with Crippen molar-refractivity contribution in [1.82, 2.24) is 9.78 Å². The lowest BCUT2D eigenvalue weighted by Gasteiger charge is -2.09. The summed E-state index contributed by atoms with van der Waals surface area (Å²) in [6.45, 7) is 0.519. The van der Waals surface area contributed by atoms with E-state index >= 15 is 0 Å². The van der Waals surface area contributed by atoms with E-state index in [0.717, 1.165) is 5.56 Å². The zero-order valence-corrected chi connectivity index (χ0v) is 10.7. The molecule has 2 rings (SSSR count). The summed E-state index contributed by atoms with van der Waals surface area (Å²) in [4.78, 5) is 10.3. The van der Waals surface area contributed by atoms with Gasteiger partial charge >= 0.3 is 0 Å². The Kier molecular flexibility index (Phi) is 3.65. The normalized spacial score (nSPS) is 10.2. The Morgan fingerprint density at radius 1 is 1.53 bits per heavy atom. The summed E-state index contributed by atoms with van der Waals surface area (Å²) >= 11 is 0. The summed E-state index contributed by atoms with van der Waals surface area (Å²) in [6.07, 6.45) is 3.60. The van der Waals surface area contributed by atoms with Gasteiger partial charge in [-0.15, -0.1) is 0 Å². The molecule has 0 atom stereocenters. The average molecular weight is 262 g/mol. The molecule has 0 saturated heterocycles. The Hall–Kier alpha value is -2.57. The number of hydrogen-bond acceptors (Lipinski definition) is 5. The number of ether oxygens (including phenoxy) is 1. The minimum atomic E-state index is -0.436. The largest absolute Gasteiger partial charge is 0.495 e. The zero-order valence-electron chi connectivity index (χ0n) is 10.7. The number of nitro benzene ring substituents is 1. The smallest absolute Gasteiger partial charge is 0.271 e. The summed E-state index contributed by atoms with van der Waals surface area (Å²) in [7, 11) is 3.36. The van der Waals surface area contributed by atoms with E-state index in [-0.39, 0.29) is 5.69 Å². The summed E-state index contributed by atoms with van der Waals surface area (Å²) < 4.78 is 6.86. The molecular formula is C12H14N4O3. The third-order valence-corrected chi connectivity index (χ3v) is 2.64. The van der Waals surface area contributed by atoms with Crippen LogP contribution in [-0.2, 0) is 13.6 Å². The van der Waals surface area contributed by atoms with E-state index in [2.05, 4.69) is 10.4 Å². The first kappa shape index (κ1) is 12.9. The molecule has 0 aliphatic rings. The highest BCUT2D eigenvalue weighted by Gasteiger charge is 2.11. The summed E-state index contributed by atoms with van der Waals surface area (Å²) in [5.41, 5.74) is 1.59. The van der Waals surface area contributed by atoms with Crippen LogP contribution in [0.25, 0.3) is 0 Å². The topological polar surface area (TPSA) is 82.2 Å². The van der Waals surface area contributed by atoms with Gasteiger partial charge in [-0.3, -0.25) is 14.8 Å². The third kappa shape index (κ3) is 3.01. The first-order valence-electron chi connectivity index (χ1n) is 5.64. The van der Waals surface area contributed by atoms with Gasteiger partial charge in [-0.05, 0) is 6.07 Å². The van der Waals surface area contributed by atoms with Crippen molar-refractivity contribution < 1.29 is 9.66 Å². The van der Waals surface area contributed by atoms with Gasteiger partial charge in [-0.25, -0.2) is 0 Å². The molecule has 7 nitrogen and oxygen atoms in total. The van der Waals surface area contributed by atoms with Crippen LogP contribution in [0.2, 0.25) is 0 Å². The molecule has 1 heterocycles. The lowest BCUT2D eigenvalue weighted by Crippen LogP contribution is -2.01. The molecule has 0 unspecified atom stereocenters. The van der Waals surface area contributed by atoms with E-state index in [9.17, 15) is 10.1 Å². The number of anilines is 1. The fraction of sp³-hybridized carbons (Fsp3) is 0.250. The maximum atomic E-state index is 10.8.